The maximum atomic E-state index is 5.45. The highest BCUT2D eigenvalue weighted by molar-refractivity contribution is 5.51. The molecule has 0 N–H and O–H groups in total. The molecule has 23 heavy (non-hydrogen) atoms. The average molecular weight is 314 g/mol. The molecule has 6 rings (SSSR count). The van der Waals surface area contributed by atoms with Crippen LogP contribution in [-0.4, -0.2) is 49.4 Å². The fraction of sp³-hybridized carbons (Fsp3) is 0.778. The molecule has 0 aromatic carbocycles. The van der Waals surface area contributed by atoms with Crippen LogP contribution in [0, 0.1) is 23.7 Å². The van der Waals surface area contributed by atoms with Crippen LogP contribution in [0.5, 0.6) is 0 Å². The molecular formula is C18H26N4O. The molecule has 5 fully saturated rings. The van der Waals surface area contributed by atoms with Crippen molar-refractivity contribution in [3.05, 3.63) is 12.4 Å². The Labute approximate surface area is 138 Å². The highest BCUT2D eigenvalue weighted by Crippen LogP contribution is 2.52. The first-order chi connectivity index (χ1) is 11.4. The highest BCUT2D eigenvalue weighted by Gasteiger charge is 2.48. The molecular weight excluding hydrogens is 288 g/mol. The zero-order valence-corrected chi connectivity index (χ0v) is 13.7. The van der Waals surface area contributed by atoms with Gasteiger partial charge in [-0.15, -0.1) is 0 Å². The molecule has 5 nitrogen and oxygen atoms in total. The Morgan fingerprint density at radius 3 is 2.00 bits per heavy atom. The van der Waals surface area contributed by atoms with Crippen molar-refractivity contribution in [2.45, 2.75) is 25.7 Å². The van der Waals surface area contributed by atoms with Gasteiger partial charge in [-0.25, -0.2) is 9.97 Å². The predicted octanol–water partition coefficient (Wildman–Crippen LogP) is 2.19. The van der Waals surface area contributed by atoms with Crippen molar-refractivity contribution in [2.24, 2.45) is 23.7 Å². The van der Waals surface area contributed by atoms with Crippen LogP contribution in [0.2, 0.25) is 0 Å². The summed E-state index contributed by atoms with van der Waals surface area (Å²) in [5.41, 5.74) is 0. The van der Waals surface area contributed by atoms with Crippen LogP contribution in [0.25, 0.3) is 0 Å². The number of hydrogen-bond acceptors (Lipinski definition) is 5. The van der Waals surface area contributed by atoms with Gasteiger partial charge in [0.15, 0.2) is 0 Å². The van der Waals surface area contributed by atoms with Gasteiger partial charge in [-0.05, 0) is 49.4 Å². The smallest absolute Gasteiger partial charge is 0.134 e. The van der Waals surface area contributed by atoms with Crippen LogP contribution in [0.4, 0.5) is 11.6 Å². The summed E-state index contributed by atoms with van der Waals surface area (Å²) in [5, 5.41) is 0. The Hall–Kier alpha value is -1.36. The van der Waals surface area contributed by atoms with E-state index in [1.165, 1.54) is 38.8 Å². The predicted molar refractivity (Wildman–Crippen MR) is 89.7 cm³/mol. The second kappa shape index (κ2) is 5.62. The Kier molecular flexibility index (Phi) is 3.43. The average Bonchev–Trinajstić information content (AvgIpc) is 3.11. The number of morpholine rings is 1. The van der Waals surface area contributed by atoms with Gasteiger partial charge in [0.25, 0.3) is 0 Å². The molecule has 0 unspecified atom stereocenters. The van der Waals surface area contributed by atoms with E-state index < -0.39 is 0 Å². The summed E-state index contributed by atoms with van der Waals surface area (Å²) in [6.07, 6.45) is 7.65. The summed E-state index contributed by atoms with van der Waals surface area (Å²) in [5.74, 6) is 6.01. The van der Waals surface area contributed by atoms with E-state index in [4.69, 9.17) is 4.74 Å². The topological polar surface area (TPSA) is 41.5 Å². The lowest BCUT2D eigenvalue weighted by Gasteiger charge is -2.44. The van der Waals surface area contributed by atoms with Gasteiger partial charge in [0.2, 0.25) is 0 Å². The zero-order valence-electron chi connectivity index (χ0n) is 13.7. The van der Waals surface area contributed by atoms with Gasteiger partial charge in [0.05, 0.1) is 13.2 Å². The van der Waals surface area contributed by atoms with Gasteiger partial charge in [0, 0.05) is 32.2 Å². The third kappa shape index (κ3) is 2.40. The second-order valence-electron chi connectivity index (χ2n) is 7.74. The molecule has 3 heterocycles. The lowest BCUT2D eigenvalue weighted by atomic mass is 9.60. The third-order valence-electron chi connectivity index (χ3n) is 6.74. The molecule has 0 radical (unpaired) electrons. The molecule has 1 aromatic heterocycles. The largest absolute Gasteiger partial charge is 0.378 e. The van der Waals surface area contributed by atoms with Crippen LogP contribution >= 0.6 is 0 Å². The van der Waals surface area contributed by atoms with Crippen molar-refractivity contribution in [1.29, 1.82) is 0 Å². The maximum absolute atomic E-state index is 5.45. The van der Waals surface area contributed by atoms with E-state index in [9.17, 15) is 0 Å². The number of aromatic nitrogens is 2. The van der Waals surface area contributed by atoms with Crippen molar-refractivity contribution in [3.63, 3.8) is 0 Å². The summed E-state index contributed by atoms with van der Waals surface area (Å²) in [7, 11) is 0. The van der Waals surface area contributed by atoms with Crippen LogP contribution < -0.4 is 9.80 Å². The van der Waals surface area contributed by atoms with Crippen molar-refractivity contribution in [3.8, 4) is 0 Å². The molecule has 2 aliphatic heterocycles. The Balaban J connectivity index is 1.36. The second-order valence-corrected chi connectivity index (χ2v) is 7.74. The molecule has 0 spiro atoms. The zero-order chi connectivity index (χ0) is 15.2. The molecule has 2 saturated heterocycles. The lowest BCUT2D eigenvalue weighted by molar-refractivity contribution is 0.0577. The van der Waals surface area contributed by atoms with Gasteiger partial charge in [-0.3, -0.25) is 0 Å². The number of anilines is 2. The molecule has 3 aliphatic carbocycles. The molecule has 2 atom stereocenters. The third-order valence-corrected chi connectivity index (χ3v) is 6.74. The normalized spacial score (nSPS) is 36.3. The van der Waals surface area contributed by atoms with Crippen molar-refractivity contribution < 1.29 is 4.74 Å². The van der Waals surface area contributed by atoms with Gasteiger partial charge in [-0.1, -0.05) is 0 Å². The minimum atomic E-state index is 0.802. The standard InChI is InChI=1S/C18H26N4O/c1-2-14-4-3-13(1)15-10-22(11-16(14)15)18-9-17(19-12-20-18)21-5-7-23-8-6-21/h9,12-16H,1-8,10-11H2/t13?,14?,15-,16+. The van der Waals surface area contributed by atoms with Gasteiger partial charge in [0.1, 0.15) is 18.0 Å². The number of ether oxygens (including phenoxy) is 1. The number of rotatable bonds is 2. The first kappa shape index (κ1) is 14.0. The Morgan fingerprint density at radius 1 is 0.826 bits per heavy atom. The first-order valence-corrected chi connectivity index (χ1v) is 9.28. The minimum absolute atomic E-state index is 0.802. The summed E-state index contributed by atoms with van der Waals surface area (Å²) < 4.78 is 5.45. The summed E-state index contributed by atoms with van der Waals surface area (Å²) >= 11 is 0. The molecule has 0 amide bonds. The van der Waals surface area contributed by atoms with Crippen molar-refractivity contribution >= 4 is 11.6 Å². The maximum Gasteiger partial charge on any atom is 0.134 e. The molecule has 2 bridgehead atoms. The summed E-state index contributed by atoms with van der Waals surface area (Å²) in [6.45, 7) is 5.90. The number of fused-ring (bicyclic) bond motifs is 2. The molecule has 1 aromatic rings. The monoisotopic (exact) mass is 314 g/mol. The van der Waals surface area contributed by atoms with E-state index in [1.807, 2.05) is 0 Å². The van der Waals surface area contributed by atoms with Gasteiger partial charge >= 0.3 is 0 Å². The quantitative estimate of drug-likeness (QED) is 0.837. The van der Waals surface area contributed by atoms with Crippen LogP contribution in [0.15, 0.2) is 12.4 Å². The molecule has 124 valence electrons. The van der Waals surface area contributed by atoms with Gasteiger partial charge in [-0.2, -0.15) is 0 Å². The highest BCUT2D eigenvalue weighted by atomic mass is 16.5. The number of hydrogen-bond donors (Lipinski definition) is 0. The van der Waals surface area contributed by atoms with E-state index in [0.717, 1.165) is 61.6 Å². The molecule has 3 saturated carbocycles. The van der Waals surface area contributed by atoms with Crippen LogP contribution in [0.3, 0.4) is 0 Å². The van der Waals surface area contributed by atoms with E-state index in [-0.39, 0.29) is 0 Å². The number of nitrogens with zero attached hydrogens (tertiary/aromatic N) is 4. The lowest BCUT2D eigenvalue weighted by Crippen LogP contribution is -2.38. The van der Waals surface area contributed by atoms with Crippen molar-refractivity contribution in [2.75, 3.05) is 49.2 Å². The van der Waals surface area contributed by atoms with Gasteiger partial charge < -0.3 is 14.5 Å². The fourth-order valence-electron chi connectivity index (χ4n) is 5.52. The van der Waals surface area contributed by atoms with E-state index in [1.54, 1.807) is 6.33 Å². The molecule has 5 heteroatoms. The van der Waals surface area contributed by atoms with E-state index in [0.29, 0.717) is 0 Å². The summed E-state index contributed by atoms with van der Waals surface area (Å²) in [4.78, 5) is 14.0. The first-order valence-electron chi connectivity index (χ1n) is 9.28. The van der Waals surface area contributed by atoms with Crippen LogP contribution in [-0.2, 0) is 4.74 Å². The minimum Gasteiger partial charge on any atom is -0.378 e. The Morgan fingerprint density at radius 2 is 1.39 bits per heavy atom. The van der Waals surface area contributed by atoms with E-state index in [2.05, 4.69) is 25.8 Å². The van der Waals surface area contributed by atoms with E-state index >= 15 is 0 Å². The van der Waals surface area contributed by atoms with Crippen LogP contribution in [0.1, 0.15) is 25.7 Å². The summed E-state index contributed by atoms with van der Waals surface area (Å²) in [6, 6.07) is 2.20. The SMILES string of the molecule is c1nc(N2CCOCC2)cc(N2C[C@@H]3C4CCC(CC4)[C@@H]3C2)n1. The molecule has 5 aliphatic rings. The van der Waals surface area contributed by atoms with Crippen molar-refractivity contribution in [1.82, 2.24) is 9.97 Å². The Bertz CT molecular complexity index is 546. The fourth-order valence-corrected chi connectivity index (χ4v) is 5.52.